The first kappa shape index (κ1) is 22.6. The van der Waals surface area contributed by atoms with Crippen molar-refractivity contribution in [1.29, 1.82) is 0 Å². The molecule has 1 fully saturated rings. The van der Waals surface area contributed by atoms with Gasteiger partial charge in [-0.25, -0.2) is 4.79 Å². The van der Waals surface area contributed by atoms with Gasteiger partial charge in [-0.15, -0.1) is 0 Å². The van der Waals surface area contributed by atoms with Crippen molar-refractivity contribution < 1.29 is 9.21 Å². The maximum atomic E-state index is 13.0. The van der Waals surface area contributed by atoms with Crippen LogP contribution in [0.4, 0.5) is 11.4 Å². The smallest absolute Gasteiger partial charge is 0.343 e. The first-order valence-corrected chi connectivity index (χ1v) is 11.5. The van der Waals surface area contributed by atoms with Crippen molar-refractivity contribution in [2.75, 3.05) is 37.0 Å². The van der Waals surface area contributed by atoms with E-state index in [0.29, 0.717) is 29.6 Å². The van der Waals surface area contributed by atoms with Crippen molar-refractivity contribution in [3.8, 4) is 0 Å². The molecule has 33 heavy (non-hydrogen) atoms. The number of allylic oxidation sites excluding steroid dienone is 2. The summed E-state index contributed by atoms with van der Waals surface area (Å²) in [6.07, 6.45) is 4.94. The highest BCUT2D eigenvalue weighted by Gasteiger charge is 2.23. The third-order valence-corrected chi connectivity index (χ3v) is 6.20. The molecule has 1 aliphatic carbocycles. The molecule has 0 spiro atoms. The molecule has 0 amide bonds. The highest BCUT2D eigenvalue weighted by atomic mass is 16.4. The minimum atomic E-state index is -0.420. The minimum absolute atomic E-state index is 0.00284. The Bertz CT molecular complexity index is 1290. The molecule has 0 aliphatic heterocycles. The molecule has 0 unspecified atom stereocenters. The number of carbonyl (C=O) groups is 1. The third-order valence-electron chi connectivity index (χ3n) is 6.20. The van der Waals surface area contributed by atoms with Crippen LogP contribution in [0.5, 0.6) is 0 Å². The number of ketones is 1. The second-order valence-corrected chi connectivity index (χ2v) is 8.54. The van der Waals surface area contributed by atoms with Gasteiger partial charge in [0.05, 0.1) is 5.56 Å². The molecule has 0 saturated heterocycles. The van der Waals surface area contributed by atoms with Crippen LogP contribution in [-0.4, -0.2) is 33.0 Å². The zero-order chi connectivity index (χ0) is 23.5. The van der Waals surface area contributed by atoms with Crippen molar-refractivity contribution in [3.05, 3.63) is 81.2 Å². The lowest BCUT2D eigenvalue weighted by atomic mass is 10.1. The van der Waals surface area contributed by atoms with E-state index in [1.807, 2.05) is 73.6 Å². The molecule has 0 radical (unpaired) electrons. The summed E-state index contributed by atoms with van der Waals surface area (Å²) in [5, 5.41) is 0.847. The van der Waals surface area contributed by atoms with Gasteiger partial charge in [0.15, 0.2) is 5.78 Å². The zero-order valence-corrected chi connectivity index (χ0v) is 19.7. The van der Waals surface area contributed by atoms with Gasteiger partial charge >= 0.3 is 5.63 Å². The van der Waals surface area contributed by atoms with Crippen LogP contribution in [0, 0.1) is 0 Å². The molecule has 3 aromatic rings. The Hall–Kier alpha value is -3.60. The lowest BCUT2D eigenvalue weighted by Crippen LogP contribution is -2.21. The van der Waals surface area contributed by atoms with Gasteiger partial charge in [-0.3, -0.25) is 4.79 Å². The molecule has 170 valence electrons. The molecule has 1 aliphatic rings. The Balaban J connectivity index is 1.60. The van der Waals surface area contributed by atoms with E-state index < -0.39 is 5.63 Å². The molecule has 1 aromatic heterocycles. The van der Waals surface area contributed by atoms with Crippen LogP contribution in [-0.2, 0) is 4.79 Å². The van der Waals surface area contributed by atoms with E-state index >= 15 is 0 Å². The van der Waals surface area contributed by atoms with Gasteiger partial charge < -0.3 is 14.2 Å². The molecule has 0 bridgehead atoms. The molecule has 1 saturated carbocycles. The number of Topliss-reactive ketones (excluding diaryl/α,β-unsaturated/α-hetero) is 1. The maximum absolute atomic E-state index is 13.0. The Morgan fingerprint density at radius 2 is 1.48 bits per heavy atom. The summed E-state index contributed by atoms with van der Waals surface area (Å²) in [7, 11) is 4.00. The Kier molecular flexibility index (Phi) is 6.50. The molecular weight excluding hydrogens is 412 g/mol. The number of anilines is 2. The summed E-state index contributed by atoms with van der Waals surface area (Å²) in [6, 6.07) is 15.8. The Morgan fingerprint density at radius 3 is 2.12 bits per heavy atom. The molecule has 0 atom stereocenters. The second-order valence-electron chi connectivity index (χ2n) is 8.54. The highest BCUT2D eigenvalue weighted by molar-refractivity contribution is 6.15. The zero-order valence-electron chi connectivity index (χ0n) is 19.7. The first-order valence-electron chi connectivity index (χ1n) is 11.5. The van der Waals surface area contributed by atoms with Crippen LogP contribution in [0.3, 0.4) is 0 Å². The van der Waals surface area contributed by atoms with Crippen LogP contribution in [0.1, 0.15) is 37.8 Å². The Morgan fingerprint density at radius 1 is 0.848 bits per heavy atom. The van der Waals surface area contributed by atoms with Crippen molar-refractivity contribution in [1.82, 2.24) is 0 Å². The lowest BCUT2D eigenvalue weighted by Gasteiger charge is -2.20. The standard InChI is InChI=1S/C28H30N2O3/c1-5-30(6-2)25-14-11-20-16-23(28(32)33-26(20)18-25)17-22-10-9-21(27(22)31)15-19-7-12-24(13-8-19)29(3)4/h7-8,11-18H,5-6,9-10H2,1-4H3/b21-15+,22-17+. The monoisotopic (exact) mass is 442 g/mol. The number of fused-ring (bicyclic) bond motifs is 1. The van der Waals surface area contributed by atoms with E-state index in [0.717, 1.165) is 41.0 Å². The van der Waals surface area contributed by atoms with Gasteiger partial charge in [0.2, 0.25) is 0 Å². The summed E-state index contributed by atoms with van der Waals surface area (Å²) >= 11 is 0. The van der Waals surface area contributed by atoms with Crippen molar-refractivity contribution in [2.24, 2.45) is 0 Å². The molecule has 0 N–H and O–H groups in total. The molecule has 2 aromatic carbocycles. The summed E-state index contributed by atoms with van der Waals surface area (Å²) in [5.41, 5.74) is 5.12. The van der Waals surface area contributed by atoms with Gasteiger partial charge in [-0.1, -0.05) is 12.1 Å². The summed E-state index contributed by atoms with van der Waals surface area (Å²) < 4.78 is 5.61. The van der Waals surface area contributed by atoms with E-state index in [1.54, 1.807) is 6.08 Å². The van der Waals surface area contributed by atoms with Crippen LogP contribution < -0.4 is 15.4 Å². The normalized spacial score (nSPS) is 16.2. The summed E-state index contributed by atoms with van der Waals surface area (Å²) in [5.74, 6) is 0.00284. The van der Waals surface area contributed by atoms with Crippen LogP contribution in [0.25, 0.3) is 23.1 Å². The summed E-state index contributed by atoms with van der Waals surface area (Å²) in [6.45, 7) is 5.96. The van der Waals surface area contributed by atoms with E-state index in [1.165, 1.54) is 0 Å². The van der Waals surface area contributed by atoms with Crippen LogP contribution in [0.15, 0.2) is 68.9 Å². The van der Waals surface area contributed by atoms with Crippen molar-refractivity contribution in [2.45, 2.75) is 26.7 Å². The van der Waals surface area contributed by atoms with Gasteiger partial charge in [-0.2, -0.15) is 0 Å². The quantitative estimate of drug-likeness (QED) is 0.371. The number of carbonyl (C=O) groups excluding carboxylic acids is 1. The van der Waals surface area contributed by atoms with Gasteiger partial charge in [-0.05, 0) is 74.7 Å². The number of hydrogen-bond acceptors (Lipinski definition) is 5. The number of hydrogen-bond donors (Lipinski definition) is 0. The van der Waals surface area contributed by atoms with Gasteiger partial charge in [0, 0.05) is 61.2 Å². The number of nitrogens with zero attached hydrogens (tertiary/aromatic N) is 2. The molecule has 1 heterocycles. The van der Waals surface area contributed by atoms with E-state index in [4.69, 9.17) is 4.42 Å². The predicted molar refractivity (Wildman–Crippen MR) is 137 cm³/mol. The average Bonchev–Trinajstić information content (AvgIpc) is 3.14. The van der Waals surface area contributed by atoms with Gasteiger partial charge in [0.1, 0.15) is 5.58 Å². The fraction of sp³-hybridized carbons (Fsp3) is 0.286. The van der Waals surface area contributed by atoms with E-state index in [2.05, 4.69) is 18.7 Å². The number of rotatable bonds is 6. The van der Waals surface area contributed by atoms with Gasteiger partial charge in [0.25, 0.3) is 0 Å². The largest absolute Gasteiger partial charge is 0.422 e. The fourth-order valence-electron chi connectivity index (χ4n) is 4.24. The lowest BCUT2D eigenvalue weighted by molar-refractivity contribution is -0.111. The summed E-state index contributed by atoms with van der Waals surface area (Å²) in [4.78, 5) is 29.9. The SMILES string of the molecule is CCN(CC)c1ccc2cc(/C=C3\CC/C(=C\c4ccc(N(C)C)cc4)C3=O)c(=O)oc2c1. The van der Waals surface area contributed by atoms with Crippen LogP contribution in [0.2, 0.25) is 0 Å². The third kappa shape index (κ3) is 4.77. The second kappa shape index (κ2) is 9.49. The predicted octanol–water partition coefficient (Wildman–Crippen LogP) is 5.54. The van der Waals surface area contributed by atoms with Crippen molar-refractivity contribution in [3.63, 3.8) is 0 Å². The Labute approximate surface area is 194 Å². The van der Waals surface area contributed by atoms with Crippen LogP contribution >= 0.6 is 0 Å². The minimum Gasteiger partial charge on any atom is -0.422 e. The first-order chi connectivity index (χ1) is 15.9. The topological polar surface area (TPSA) is 53.8 Å². The molecule has 5 nitrogen and oxygen atoms in total. The van der Waals surface area contributed by atoms with E-state index in [9.17, 15) is 9.59 Å². The maximum Gasteiger partial charge on any atom is 0.343 e. The number of benzene rings is 2. The molecule has 5 heteroatoms. The average molecular weight is 443 g/mol. The molecular formula is C28H30N2O3. The van der Waals surface area contributed by atoms with Crippen molar-refractivity contribution >= 4 is 40.3 Å². The van der Waals surface area contributed by atoms with E-state index in [-0.39, 0.29) is 5.78 Å². The molecule has 4 rings (SSSR count). The fourth-order valence-corrected chi connectivity index (χ4v) is 4.24. The highest BCUT2D eigenvalue weighted by Crippen LogP contribution is 2.30.